The normalized spacial score (nSPS) is 25.0. The Morgan fingerprint density at radius 1 is 1.37 bits per heavy atom. The molecule has 1 aromatic heterocycles. The van der Waals surface area contributed by atoms with Gasteiger partial charge in [0.25, 0.3) is 0 Å². The molecule has 0 radical (unpaired) electrons. The van der Waals surface area contributed by atoms with Gasteiger partial charge in [0.2, 0.25) is 5.95 Å². The number of hydrogen-bond donors (Lipinski definition) is 1. The van der Waals surface area contributed by atoms with Crippen LogP contribution in [0.3, 0.4) is 0 Å². The highest BCUT2D eigenvalue weighted by atomic mass is 15.2. The van der Waals surface area contributed by atoms with Gasteiger partial charge < -0.3 is 15.2 Å². The Kier molecular flexibility index (Phi) is 2.97. The van der Waals surface area contributed by atoms with Gasteiger partial charge in [0.15, 0.2) is 0 Å². The van der Waals surface area contributed by atoms with Crippen LogP contribution in [0.15, 0.2) is 18.2 Å². The third-order valence-corrected chi connectivity index (χ3v) is 4.33. The molecule has 1 saturated heterocycles. The molecule has 1 aliphatic heterocycles. The number of rotatable bonds is 1. The first-order valence-corrected chi connectivity index (χ1v) is 6.99. The summed E-state index contributed by atoms with van der Waals surface area (Å²) in [7, 11) is 2.19. The minimum Gasteiger partial charge on any atom is -0.369 e. The molecule has 19 heavy (non-hydrogen) atoms. The average molecular weight is 258 g/mol. The predicted octanol–water partition coefficient (Wildman–Crippen LogP) is 2.44. The Morgan fingerprint density at radius 3 is 2.89 bits per heavy atom. The molecular formula is C15H22N4. The second-order valence-corrected chi connectivity index (χ2v) is 5.88. The first kappa shape index (κ1) is 12.5. The van der Waals surface area contributed by atoms with Gasteiger partial charge in [-0.1, -0.05) is 19.1 Å². The molecule has 0 spiro atoms. The minimum atomic E-state index is 0.460. The van der Waals surface area contributed by atoms with Gasteiger partial charge in [-0.2, -0.15) is 0 Å². The second kappa shape index (κ2) is 4.53. The van der Waals surface area contributed by atoms with Crippen LogP contribution in [0.25, 0.3) is 11.0 Å². The van der Waals surface area contributed by atoms with Crippen molar-refractivity contribution < 1.29 is 0 Å². The Morgan fingerprint density at radius 2 is 2.16 bits per heavy atom. The fourth-order valence-corrected chi connectivity index (χ4v) is 3.40. The van der Waals surface area contributed by atoms with Gasteiger partial charge in [0, 0.05) is 12.6 Å². The predicted molar refractivity (Wildman–Crippen MR) is 79.2 cm³/mol. The van der Waals surface area contributed by atoms with E-state index < -0.39 is 0 Å². The summed E-state index contributed by atoms with van der Waals surface area (Å²) in [4.78, 5) is 6.92. The zero-order valence-electron chi connectivity index (χ0n) is 11.9. The molecule has 1 aromatic carbocycles. The molecule has 4 heteroatoms. The lowest BCUT2D eigenvalue weighted by atomic mass is 9.93. The molecule has 2 N–H and O–H groups in total. The SMILES string of the molecule is Cc1cccc2nc(N)n(C3CCN(C)CC3C)c12. The molecule has 1 fully saturated rings. The maximum absolute atomic E-state index is 6.19. The van der Waals surface area contributed by atoms with E-state index in [-0.39, 0.29) is 0 Å². The number of nitrogen functional groups attached to an aromatic ring is 1. The zero-order chi connectivity index (χ0) is 13.6. The minimum absolute atomic E-state index is 0.460. The van der Waals surface area contributed by atoms with E-state index in [1.54, 1.807) is 0 Å². The van der Waals surface area contributed by atoms with Gasteiger partial charge in [-0.05, 0) is 44.5 Å². The van der Waals surface area contributed by atoms with E-state index in [1.165, 1.54) is 11.1 Å². The number of imidazole rings is 1. The summed E-state index contributed by atoms with van der Waals surface area (Å²) in [5.41, 5.74) is 9.67. The van der Waals surface area contributed by atoms with Crippen molar-refractivity contribution in [2.24, 2.45) is 5.92 Å². The number of fused-ring (bicyclic) bond motifs is 1. The van der Waals surface area contributed by atoms with Crippen molar-refractivity contribution in [2.75, 3.05) is 25.9 Å². The van der Waals surface area contributed by atoms with Crippen LogP contribution in [0.5, 0.6) is 0 Å². The number of nitrogens with two attached hydrogens (primary N) is 1. The standard InChI is InChI=1S/C15H22N4/c1-10-5-4-6-12-14(10)19(15(16)17-12)13-7-8-18(3)9-11(13)2/h4-6,11,13H,7-9H2,1-3H3,(H2,16,17). The monoisotopic (exact) mass is 258 g/mol. The van der Waals surface area contributed by atoms with E-state index >= 15 is 0 Å². The molecule has 1 aliphatic rings. The summed E-state index contributed by atoms with van der Waals surface area (Å²) in [6.45, 7) is 6.69. The van der Waals surface area contributed by atoms with Gasteiger partial charge in [0.05, 0.1) is 11.0 Å². The highest BCUT2D eigenvalue weighted by Gasteiger charge is 2.28. The second-order valence-electron chi connectivity index (χ2n) is 5.88. The molecule has 2 heterocycles. The smallest absolute Gasteiger partial charge is 0.201 e. The number of anilines is 1. The fourth-order valence-electron chi connectivity index (χ4n) is 3.40. The molecule has 0 amide bonds. The molecule has 3 rings (SSSR count). The highest BCUT2D eigenvalue weighted by Crippen LogP contribution is 2.34. The van der Waals surface area contributed by atoms with Crippen molar-refractivity contribution in [3.8, 4) is 0 Å². The Bertz CT molecular complexity index is 601. The van der Waals surface area contributed by atoms with Crippen molar-refractivity contribution in [2.45, 2.75) is 26.3 Å². The third kappa shape index (κ3) is 2.00. The van der Waals surface area contributed by atoms with Gasteiger partial charge in [-0.3, -0.25) is 0 Å². The van der Waals surface area contributed by atoms with Gasteiger partial charge in [-0.15, -0.1) is 0 Å². The van der Waals surface area contributed by atoms with E-state index in [4.69, 9.17) is 5.73 Å². The number of aromatic nitrogens is 2. The number of benzene rings is 1. The van der Waals surface area contributed by atoms with E-state index in [9.17, 15) is 0 Å². The Labute approximate surface area is 114 Å². The number of nitrogens with zero attached hydrogens (tertiary/aromatic N) is 3. The van der Waals surface area contributed by atoms with Crippen LogP contribution in [0.4, 0.5) is 5.95 Å². The zero-order valence-corrected chi connectivity index (χ0v) is 11.9. The summed E-state index contributed by atoms with van der Waals surface area (Å²) in [5, 5.41) is 0. The van der Waals surface area contributed by atoms with Crippen LogP contribution in [0.1, 0.15) is 24.9 Å². The van der Waals surface area contributed by atoms with Gasteiger partial charge in [0.1, 0.15) is 0 Å². The number of likely N-dealkylation sites (tertiary alicyclic amines) is 1. The fraction of sp³-hybridized carbons (Fsp3) is 0.533. The van der Waals surface area contributed by atoms with Crippen LogP contribution in [0, 0.1) is 12.8 Å². The van der Waals surface area contributed by atoms with Crippen molar-refractivity contribution in [3.05, 3.63) is 23.8 Å². The first-order valence-electron chi connectivity index (χ1n) is 6.99. The molecule has 4 nitrogen and oxygen atoms in total. The summed E-state index contributed by atoms with van der Waals surface area (Å²) in [6, 6.07) is 6.70. The number of piperidine rings is 1. The number of para-hydroxylation sites is 1. The van der Waals surface area contributed by atoms with Crippen molar-refractivity contribution >= 4 is 17.0 Å². The maximum Gasteiger partial charge on any atom is 0.201 e. The maximum atomic E-state index is 6.19. The van der Waals surface area contributed by atoms with Crippen molar-refractivity contribution in [1.82, 2.24) is 14.5 Å². The van der Waals surface area contributed by atoms with Crippen molar-refractivity contribution in [1.29, 1.82) is 0 Å². The summed E-state index contributed by atoms with van der Waals surface area (Å²) in [5.74, 6) is 1.25. The summed E-state index contributed by atoms with van der Waals surface area (Å²) in [6.07, 6.45) is 1.14. The van der Waals surface area contributed by atoms with E-state index in [2.05, 4.69) is 47.5 Å². The number of aryl methyl sites for hydroxylation is 1. The van der Waals surface area contributed by atoms with Crippen LogP contribution < -0.4 is 5.73 Å². The summed E-state index contributed by atoms with van der Waals surface area (Å²) < 4.78 is 2.27. The lowest BCUT2D eigenvalue weighted by molar-refractivity contribution is 0.162. The first-order chi connectivity index (χ1) is 9.08. The quantitative estimate of drug-likeness (QED) is 0.854. The molecular weight excluding hydrogens is 236 g/mol. The molecule has 0 bridgehead atoms. The lowest BCUT2D eigenvalue weighted by Crippen LogP contribution is -2.38. The third-order valence-electron chi connectivity index (χ3n) is 4.33. The van der Waals surface area contributed by atoms with Gasteiger partial charge in [-0.25, -0.2) is 4.98 Å². The van der Waals surface area contributed by atoms with Crippen LogP contribution in [0.2, 0.25) is 0 Å². The Hall–Kier alpha value is -1.55. The molecule has 0 saturated carbocycles. The molecule has 2 unspecified atom stereocenters. The van der Waals surface area contributed by atoms with Gasteiger partial charge >= 0.3 is 0 Å². The number of hydrogen-bond acceptors (Lipinski definition) is 3. The molecule has 0 aliphatic carbocycles. The van der Waals surface area contributed by atoms with Crippen LogP contribution in [-0.4, -0.2) is 34.6 Å². The largest absolute Gasteiger partial charge is 0.369 e. The Balaban J connectivity index is 2.12. The molecule has 2 aromatic rings. The highest BCUT2D eigenvalue weighted by molar-refractivity contribution is 5.81. The van der Waals surface area contributed by atoms with Crippen molar-refractivity contribution in [3.63, 3.8) is 0 Å². The van der Waals surface area contributed by atoms with E-state index in [0.717, 1.165) is 25.0 Å². The average Bonchev–Trinajstić information content (AvgIpc) is 2.67. The van der Waals surface area contributed by atoms with Crippen LogP contribution in [-0.2, 0) is 0 Å². The molecule has 2 atom stereocenters. The summed E-state index contributed by atoms with van der Waals surface area (Å²) >= 11 is 0. The van der Waals surface area contributed by atoms with E-state index in [0.29, 0.717) is 17.9 Å². The lowest BCUT2D eigenvalue weighted by Gasteiger charge is -2.36. The molecule has 102 valence electrons. The topological polar surface area (TPSA) is 47.1 Å². The van der Waals surface area contributed by atoms with E-state index in [1.807, 2.05) is 6.07 Å². The van der Waals surface area contributed by atoms with Crippen LogP contribution >= 0.6 is 0 Å².